The summed E-state index contributed by atoms with van der Waals surface area (Å²) in [5.74, 6) is -0.320. The van der Waals surface area contributed by atoms with E-state index in [2.05, 4.69) is 31.8 Å². The fourth-order valence-corrected chi connectivity index (χ4v) is 2.60. The first kappa shape index (κ1) is 20.2. The number of amides is 2. The molecule has 2 N–H and O–H groups in total. The number of hydrogen-bond donors (Lipinski definition) is 2. The molecule has 0 bridgehead atoms. The molecule has 0 fully saturated rings. The predicted octanol–water partition coefficient (Wildman–Crippen LogP) is 3.64. The van der Waals surface area contributed by atoms with Crippen LogP contribution in [0.5, 0.6) is 5.75 Å². The third-order valence-electron chi connectivity index (χ3n) is 3.18. The van der Waals surface area contributed by atoms with Crippen molar-refractivity contribution in [2.75, 3.05) is 13.7 Å². The Bertz CT molecular complexity index is 859. The number of ether oxygens (including phenoxy) is 1. The van der Waals surface area contributed by atoms with E-state index in [0.29, 0.717) is 21.9 Å². The highest BCUT2D eigenvalue weighted by atomic mass is 79.9. The minimum atomic E-state index is -0.483. The van der Waals surface area contributed by atoms with E-state index in [1.807, 2.05) is 6.07 Å². The molecule has 2 aromatic carbocycles. The van der Waals surface area contributed by atoms with Gasteiger partial charge in [0.25, 0.3) is 11.8 Å². The van der Waals surface area contributed by atoms with Gasteiger partial charge in [-0.2, -0.15) is 5.10 Å². The van der Waals surface area contributed by atoms with E-state index >= 15 is 0 Å². The summed E-state index contributed by atoms with van der Waals surface area (Å²) in [6.07, 6.45) is 1.45. The van der Waals surface area contributed by atoms with Crippen LogP contribution in [0.15, 0.2) is 46.0 Å². The molecule has 0 radical (unpaired) electrons. The van der Waals surface area contributed by atoms with Gasteiger partial charge in [0.2, 0.25) is 0 Å². The van der Waals surface area contributed by atoms with E-state index in [4.69, 9.17) is 27.9 Å². The monoisotopic (exact) mass is 457 g/mol. The van der Waals surface area contributed by atoms with E-state index in [-0.39, 0.29) is 11.6 Å². The van der Waals surface area contributed by atoms with Gasteiger partial charge in [-0.1, -0.05) is 39.1 Å². The van der Waals surface area contributed by atoms with Crippen LogP contribution in [0.1, 0.15) is 15.9 Å². The zero-order valence-electron chi connectivity index (χ0n) is 13.6. The lowest BCUT2D eigenvalue weighted by Crippen LogP contribution is -2.34. The molecule has 0 aromatic heterocycles. The van der Waals surface area contributed by atoms with Crippen molar-refractivity contribution >= 4 is 57.2 Å². The van der Waals surface area contributed by atoms with Gasteiger partial charge in [0.05, 0.1) is 29.9 Å². The molecule has 0 aliphatic heterocycles. The van der Waals surface area contributed by atoms with Crippen LogP contribution >= 0.6 is 39.1 Å². The van der Waals surface area contributed by atoms with Crippen molar-refractivity contribution in [1.29, 1.82) is 0 Å². The van der Waals surface area contributed by atoms with Gasteiger partial charge >= 0.3 is 0 Å². The maximum absolute atomic E-state index is 12.0. The van der Waals surface area contributed by atoms with Gasteiger partial charge in [0.15, 0.2) is 0 Å². The summed E-state index contributed by atoms with van der Waals surface area (Å²) in [5.41, 5.74) is 3.31. The van der Waals surface area contributed by atoms with Crippen molar-refractivity contribution < 1.29 is 14.3 Å². The third-order valence-corrected chi connectivity index (χ3v) is 4.41. The van der Waals surface area contributed by atoms with Gasteiger partial charge in [-0.15, -0.1) is 0 Å². The molecule has 0 saturated carbocycles. The molecule has 6 nitrogen and oxygen atoms in total. The van der Waals surface area contributed by atoms with Crippen molar-refractivity contribution in [3.8, 4) is 5.75 Å². The number of benzene rings is 2. The Morgan fingerprint density at radius 1 is 1.19 bits per heavy atom. The first-order valence-electron chi connectivity index (χ1n) is 7.29. The van der Waals surface area contributed by atoms with Crippen LogP contribution in [0.3, 0.4) is 0 Å². The molecule has 26 heavy (non-hydrogen) atoms. The number of carbonyl (C=O) groups excluding carboxylic acids is 2. The number of carbonyl (C=O) groups is 2. The van der Waals surface area contributed by atoms with E-state index in [1.165, 1.54) is 31.5 Å². The third kappa shape index (κ3) is 5.72. The Morgan fingerprint density at radius 3 is 2.65 bits per heavy atom. The SMILES string of the molecule is COc1ccc(Br)cc1/C=N/NC(=O)CNC(=O)c1ccc(Cl)c(Cl)c1. The molecule has 0 aliphatic carbocycles. The number of methoxy groups -OCH3 is 1. The average Bonchev–Trinajstić information content (AvgIpc) is 2.62. The largest absolute Gasteiger partial charge is 0.496 e. The molecule has 0 aliphatic rings. The lowest BCUT2D eigenvalue weighted by Gasteiger charge is -2.06. The van der Waals surface area contributed by atoms with E-state index in [9.17, 15) is 9.59 Å². The molecule has 0 unspecified atom stereocenters. The first-order valence-corrected chi connectivity index (χ1v) is 8.84. The second-order valence-electron chi connectivity index (χ2n) is 4.99. The van der Waals surface area contributed by atoms with E-state index in [0.717, 1.165) is 4.47 Å². The summed E-state index contributed by atoms with van der Waals surface area (Å²) in [7, 11) is 1.54. The highest BCUT2D eigenvalue weighted by Gasteiger charge is 2.09. The van der Waals surface area contributed by atoms with E-state index < -0.39 is 11.8 Å². The molecule has 9 heteroatoms. The molecule has 0 saturated heterocycles. The van der Waals surface area contributed by atoms with Crippen molar-refractivity contribution in [2.45, 2.75) is 0 Å². The highest BCUT2D eigenvalue weighted by molar-refractivity contribution is 9.10. The summed E-state index contributed by atoms with van der Waals surface area (Å²) in [6, 6.07) is 9.83. The van der Waals surface area contributed by atoms with Crippen LogP contribution in [-0.2, 0) is 4.79 Å². The Balaban J connectivity index is 1.88. The Morgan fingerprint density at radius 2 is 1.96 bits per heavy atom. The average molecular weight is 459 g/mol. The van der Waals surface area contributed by atoms with E-state index in [1.54, 1.807) is 12.1 Å². The molecule has 2 rings (SSSR count). The number of nitrogens with one attached hydrogen (secondary N) is 2. The normalized spacial score (nSPS) is 10.6. The van der Waals surface area contributed by atoms with Gasteiger partial charge in [-0.25, -0.2) is 5.43 Å². The summed E-state index contributed by atoms with van der Waals surface area (Å²) >= 11 is 15.0. The topological polar surface area (TPSA) is 79.8 Å². The van der Waals surface area contributed by atoms with Crippen LogP contribution in [0, 0.1) is 0 Å². The van der Waals surface area contributed by atoms with Crippen LogP contribution in [0.2, 0.25) is 10.0 Å². The summed E-state index contributed by atoms with van der Waals surface area (Å²) < 4.78 is 6.05. The molecule has 2 amide bonds. The van der Waals surface area contributed by atoms with Gasteiger partial charge < -0.3 is 10.1 Å². The summed E-state index contributed by atoms with van der Waals surface area (Å²) in [5, 5.41) is 6.93. The highest BCUT2D eigenvalue weighted by Crippen LogP contribution is 2.22. The molecule has 0 spiro atoms. The predicted molar refractivity (Wildman–Crippen MR) is 105 cm³/mol. The maximum Gasteiger partial charge on any atom is 0.259 e. The number of rotatable bonds is 6. The van der Waals surface area contributed by atoms with Crippen LogP contribution in [-0.4, -0.2) is 31.7 Å². The summed E-state index contributed by atoms with van der Waals surface area (Å²) in [4.78, 5) is 23.8. The Kier molecular flexibility index (Phi) is 7.44. The van der Waals surface area contributed by atoms with Crippen LogP contribution in [0.25, 0.3) is 0 Å². The number of halogens is 3. The molecular weight excluding hydrogens is 445 g/mol. The van der Waals surface area contributed by atoms with Crippen molar-refractivity contribution in [3.05, 3.63) is 62.0 Å². The number of nitrogens with zero attached hydrogens (tertiary/aromatic N) is 1. The fraction of sp³-hybridized carbons (Fsp3) is 0.118. The smallest absolute Gasteiger partial charge is 0.259 e. The van der Waals surface area contributed by atoms with Gasteiger partial charge in [0, 0.05) is 15.6 Å². The summed E-state index contributed by atoms with van der Waals surface area (Å²) in [6.45, 7) is -0.244. The lowest BCUT2D eigenvalue weighted by molar-refractivity contribution is -0.120. The zero-order chi connectivity index (χ0) is 19.1. The molecule has 0 atom stereocenters. The van der Waals surface area contributed by atoms with Gasteiger partial charge in [-0.3, -0.25) is 9.59 Å². The van der Waals surface area contributed by atoms with Gasteiger partial charge in [0.1, 0.15) is 5.75 Å². The first-order chi connectivity index (χ1) is 12.4. The standard InChI is InChI=1S/C17H14BrCl2N3O3/c1-26-15-5-3-12(18)6-11(15)8-22-23-16(24)9-21-17(25)10-2-4-13(19)14(20)7-10/h2-8H,9H2,1H3,(H,21,25)(H,23,24)/b22-8+. The Labute approximate surface area is 168 Å². The zero-order valence-corrected chi connectivity index (χ0v) is 16.7. The van der Waals surface area contributed by atoms with Crippen molar-refractivity contribution in [3.63, 3.8) is 0 Å². The van der Waals surface area contributed by atoms with Crippen LogP contribution < -0.4 is 15.5 Å². The van der Waals surface area contributed by atoms with Crippen LogP contribution in [0.4, 0.5) is 0 Å². The molecule has 2 aromatic rings. The van der Waals surface area contributed by atoms with Crippen molar-refractivity contribution in [2.24, 2.45) is 5.10 Å². The maximum atomic E-state index is 12.0. The minimum Gasteiger partial charge on any atom is -0.496 e. The minimum absolute atomic E-state index is 0.244. The van der Waals surface area contributed by atoms with Gasteiger partial charge in [-0.05, 0) is 36.4 Å². The lowest BCUT2D eigenvalue weighted by atomic mass is 10.2. The second-order valence-corrected chi connectivity index (χ2v) is 6.72. The fourth-order valence-electron chi connectivity index (χ4n) is 1.92. The quantitative estimate of drug-likeness (QED) is 0.512. The molecule has 0 heterocycles. The Hall–Kier alpha value is -2.09. The van der Waals surface area contributed by atoms with Crippen molar-refractivity contribution in [1.82, 2.24) is 10.7 Å². The molecule has 136 valence electrons. The number of hydrogen-bond acceptors (Lipinski definition) is 4. The molecular formula is C17H14BrCl2N3O3. The number of hydrazone groups is 1. The second kappa shape index (κ2) is 9.56.